The molecule has 1 aromatic carbocycles. The Hall–Kier alpha value is -2.90. The third kappa shape index (κ3) is 2.31. The van der Waals surface area contributed by atoms with Crippen LogP contribution < -0.4 is 25.4 Å². The smallest absolute Gasteiger partial charge is 0.235 e. The first kappa shape index (κ1) is 13.1. The maximum Gasteiger partial charge on any atom is 0.235 e. The van der Waals surface area contributed by atoms with Gasteiger partial charge in [-0.3, -0.25) is 5.41 Å². The minimum absolute atomic E-state index is 0.00873. The van der Waals surface area contributed by atoms with Gasteiger partial charge in [0.1, 0.15) is 0 Å². The molecule has 3 rings (SSSR count). The highest BCUT2D eigenvalue weighted by molar-refractivity contribution is 5.55. The molecule has 21 heavy (non-hydrogen) atoms. The summed E-state index contributed by atoms with van der Waals surface area (Å²) in [5.74, 6) is 1.59. The van der Waals surface area contributed by atoms with E-state index in [4.69, 9.17) is 25.4 Å². The number of nitrogens with two attached hydrogens (primary N) is 1. The van der Waals surface area contributed by atoms with Gasteiger partial charge in [0.2, 0.25) is 18.5 Å². The van der Waals surface area contributed by atoms with E-state index in [0.717, 1.165) is 5.56 Å². The molecule has 0 amide bonds. The first-order valence-corrected chi connectivity index (χ1v) is 6.17. The van der Waals surface area contributed by atoms with Crippen molar-refractivity contribution >= 4 is 5.95 Å². The fourth-order valence-corrected chi connectivity index (χ4v) is 2.15. The molecule has 110 valence electrons. The molecule has 0 saturated heterocycles. The molecule has 0 fully saturated rings. The van der Waals surface area contributed by atoms with Gasteiger partial charge in [0, 0.05) is 12.0 Å². The largest absolute Gasteiger partial charge is 0.493 e. The van der Waals surface area contributed by atoms with Crippen LogP contribution in [0.1, 0.15) is 11.1 Å². The maximum atomic E-state index is 9.53. The van der Waals surface area contributed by atoms with Gasteiger partial charge in [0.25, 0.3) is 0 Å². The SMILES string of the molecule is COc1cc(Cc2cn(O)c(N)nc2=N)cc2c1OCO2. The van der Waals surface area contributed by atoms with E-state index in [0.29, 0.717) is 34.0 Å². The summed E-state index contributed by atoms with van der Waals surface area (Å²) in [4.78, 5) is 3.75. The number of rotatable bonds is 3. The van der Waals surface area contributed by atoms with Crippen molar-refractivity contribution in [1.29, 1.82) is 5.41 Å². The van der Waals surface area contributed by atoms with E-state index in [1.165, 1.54) is 6.20 Å². The van der Waals surface area contributed by atoms with Crippen LogP contribution in [0.5, 0.6) is 17.2 Å². The number of fused-ring (bicyclic) bond motifs is 1. The summed E-state index contributed by atoms with van der Waals surface area (Å²) < 4.78 is 16.6. The van der Waals surface area contributed by atoms with Crippen molar-refractivity contribution in [1.82, 2.24) is 9.71 Å². The van der Waals surface area contributed by atoms with E-state index in [2.05, 4.69) is 4.98 Å². The molecular weight excluding hydrogens is 276 g/mol. The van der Waals surface area contributed by atoms with Gasteiger partial charge in [-0.2, -0.15) is 9.71 Å². The summed E-state index contributed by atoms with van der Waals surface area (Å²) >= 11 is 0. The third-order valence-corrected chi connectivity index (χ3v) is 3.16. The van der Waals surface area contributed by atoms with Crippen molar-refractivity contribution < 1.29 is 19.4 Å². The lowest BCUT2D eigenvalue weighted by molar-refractivity contribution is 0.171. The predicted octanol–water partition coefficient (Wildman–Crippen LogP) is 0.510. The summed E-state index contributed by atoms with van der Waals surface area (Å²) in [7, 11) is 1.55. The van der Waals surface area contributed by atoms with Gasteiger partial charge in [0.05, 0.1) is 13.3 Å². The van der Waals surface area contributed by atoms with Gasteiger partial charge in [-0.05, 0) is 17.7 Å². The Morgan fingerprint density at radius 3 is 3.05 bits per heavy atom. The van der Waals surface area contributed by atoms with E-state index in [1.807, 2.05) is 6.07 Å². The van der Waals surface area contributed by atoms with Crippen LogP contribution in [0.2, 0.25) is 0 Å². The van der Waals surface area contributed by atoms with Crippen molar-refractivity contribution in [2.75, 3.05) is 19.6 Å². The summed E-state index contributed by atoms with van der Waals surface area (Å²) in [5, 5.41) is 17.3. The monoisotopic (exact) mass is 290 g/mol. The molecule has 0 spiro atoms. The first-order valence-electron chi connectivity index (χ1n) is 6.17. The molecule has 2 heterocycles. The van der Waals surface area contributed by atoms with Crippen molar-refractivity contribution in [2.24, 2.45) is 0 Å². The second-order valence-corrected chi connectivity index (χ2v) is 4.53. The van der Waals surface area contributed by atoms with Crippen molar-refractivity contribution in [3.05, 3.63) is 34.9 Å². The molecule has 0 saturated carbocycles. The number of methoxy groups -OCH3 is 1. The van der Waals surface area contributed by atoms with Gasteiger partial charge in [0.15, 0.2) is 17.0 Å². The summed E-state index contributed by atoms with van der Waals surface area (Å²) in [6.07, 6.45) is 1.74. The van der Waals surface area contributed by atoms with Gasteiger partial charge in [-0.15, -0.1) is 0 Å². The summed E-state index contributed by atoms with van der Waals surface area (Å²) in [6, 6.07) is 3.60. The Labute approximate surface area is 119 Å². The highest BCUT2D eigenvalue weighted by atomic mass is 16.7. The van der Waals surface area contributed by atoms with Gasteiger partial charge in [-0.1, -0.05) is 0 Å². The second kappa shape index (κ2) is 4.89. The highest BCUT2D eigenvalue weighted by Gasteiger charge is 2.20. The lowest BCUT2D eigenvalue weighted by Crippen LogP contribution is -2.20. The lowest BCUT2D eigenvalue weighted by atomic mass is 10.1. The third-order valence-electron chi connectivity index (χ3n) is 3.16. The van der Waals surface area contributed by atoms with Crippen molar-refractivity contribution in [3.63, 3.8) is 0 Å². The standard InChI is InChI=1S/C13H14N4O4/c1-19-9-3-7(4-10-11(9)21-6-20-10)2-8-5-17(18)13(15)16-12(8)14/h3-5,18H,2,6H2,1H3,(H3,14,15,16). The number of benzene rings is 1. The zero-order chi connectivity index (χ0) is 15.0. The second-order valence-electron chi connectivity index (χ2n) is 4.53. The summed E-state index contributed by atoms with van der Waals surface area (Å²) in [5.41, 5.74) is 6.80. The minimum Gasteiger partial charge on any atom is -0.493 e. The first-order chi connectivity index (χ1) is 10.1. The van der Waals surface area contributed by atoms with E-state index in [-0.39, 0.29) is 18.2 Å². The van der Waals surface area contributed by atoms with Crippen LogP contribution in [0.25, 0.3) is 0 Å². The molecule has 0 aliphatic carbocycles. The zero-order valence-electron chi connectivity index (χ0n) is 11.3. The van der Waals surface area contributed by atoms with Gasteiger partial charge >= 0.3 is 0 Å². The van der Waals surface area contributed by atoms with E-state index < -0.39 is 0 Å². The molecule has 0 atom stereocenters. The Morgan fingerprint density at radius 2 is 2.29 bits per heavy atom. The molecule has 0 radical (unpaired) electrons. The van der Waals surface area contributed by atoms with Gasteiger partial charge < -0.3 is 25.2 Å². The number of hydrogen-bond donors (Lipinski definition) is 3. The molecule has 8 nitrogen and oxygen atoms in total. The molecule has 2 aromatic rings. The molecule has 1 aliphatic rings. The predicted molar refractivity (Wildman–Crippen MR) is 71.6 cm³/mol. The van der Waals surface area contributed by atoms with Crippen LogP contribution in [-0.4, -0.2) is 28.8 Å². The number of anilines is 1. The van der Waals surface area contributed by atoms with E-state index in [9.17, 15) is 5.21 Å². The molecule has 0 unspecified atom stereocenters. The number of ether oxygens (including phenoxy) is 3. The van der Waals surface area contributed by atoms with Crippen molar-refractivity contribution in [2.45, 2.75) is 6.42 Å². The van der Waals surface area contributed by atoms with Gasteiger partial charge in [-0.25, -0.2) is 0 Å². The van der Waals surface area contributed by atoms with E-state index in [1.54, 1.807) is 13.2 Å². The fourth-order valence-electron chi connectivity index (χ4n) is 2.15. The molecule has 0 bridgehead atoms. The van der Waals surface area contributed by atoms with Crippen LogP contribution in [0.4, 0.5) is 5.95 Å². The average Bonchev–Trinajstić information content (AvgIpc) is 2.92. The number of nitrogens with zero attached hydrogens (tertiary/aromatic N) is 2. The quantitative estimate of drug-likeness (QED) is 0.709. The number of aromatic nitrogens is 2. The fraction of sp³-hybridized carbons (Fsp3) is 0.231. The molecule has 1 aliphatic heterocycles. The number of nitrogens with one attached hydrogen (secondary N) is 1. The Bertz CT molecular complexity index is 757. The van der Waals surface area contributed by atoms with Crippen LogP contribution in [0, 0.1) is 5.41 Å². The lowest BCUT2D eigenvalue weighted by Gasteiger charge is -2.09. The van der Waals surface area contributed by atoms with Crippen LogP contribution in [0.3, 0.4) is 0 Å². The van der Waals surface area contributed by atoms with Crippen molar-refractivity contribution in [3.8, 4) is 17.2 Å². The Kier molecular flexibility index (Phi) is 3.05. The van der Waals surface area contributed by atoms with Crippen LogP contribution >= 0.6 is 0 Å². The Balaban J connectivity index is 1.99. The van der Waals surface area contributed by atoms with Crippen LogP contribution in [-0.2, 0) is 6.42 Å². The Morgan fingerprint density at radius 1 is 1.48 bits per heavy atom. The average molecular weight is 290 g/mol. The van der Waals surface area contributed by atoms with Crippen LogP contribution in [0.15, 0.2) is 18.3 Å². The highest BCUT2D eigenvalue weighted by Crippen LogP contribution is 2.42. The molecule has 1 aromatic heterocycles. The zero-order valence-corrected chi connectivity index (χ0v) is 11.3. The molecule has 8 heteroatoms. The minimum atomic E-state index is -0.132. The normalized spacial score (nSPS) is 12.4. The topological polar surface area (TPSA) is 116 Å². The number of hydrogen-bond acceptors (Lipinski definition) is 7. The molecular formula is C13H14N4O4. The molecule has 4 N–H and O–H groups in total. The maximum absolute atomic E-state index is 9.53. The number of nitrogen functional groups attached to an aromatic ring is 1. The summed E-state index contributed by atoms with van der Waals surface area (Å²) in [6.45, 7) is 0.152. The van der Waals surface area contributed by atoms with E-state index >= 15 is 0 Å².